The second kappa shape index (κ2) is 11.3. The van der Waals surface area contributed by atoms with Gasteiger partial charge in [0.15, 0.2) is 5.79 Å². The van der Waals surface area contributed by atoms with Crippen molar-refractivity contribution in [2.24, 2.45) is 0 Å². The predicted molar refractivity (Wildman–Crippen MR) is 160 cm³/mol. The molecule has 0 bridgehead atoms. The molecule has 0 spiro atoms. The Kier molecular flexibility index (Phi) is 7.84. The third-order valence-electron chi connectivity index (χ3n) is 6.39. The van der Waals surface area contributed by atoms with Gasteiger partial charge in [0.25, 0.3) is 0 Å². The number of benzene rings is 4. The van der Waals surface area contributed by atoms with E-state index in [1.54, 1.807) is 0 Å². The van der Waals surface area contributed by atoms with Crippen molar-refractivity contribution in [3.05, 3.63) is 145 Å². The van der Waals surface area contributed by atoms with Crippen LogP contribution in [0.25, 0.3) is 0 Å². The Bertz CT molecular complexity index is 1150. The number of ether oxygens (including phenoxy) is 2. The molecule has 0 radical (unpaired) electrons. The van der Waals surface area contributed by atoms with E-state index in [2.05, 4.69) is 134 Å². The van der Waals surface area contributed by atoms with E-state index in [1.165, 1.54) is 21.2 Å². The molecular weight excluding hydrogens is 490 g/mol. The smallest absolute Gasteiger partial charge is 0.164 e. The van der Waals surface area contributed by atoms with Crippen LogP contribution in [0, 0.1) is 0 Å². The number of rotatable bonds is 8. The van der Waals surface area contributed by atoms with Crippen molar-refractivity contribution in [1.82, 2.24) is 0 Å². The first-order chi connectivity index (χ1) is 17.9. The van der Waals surface area contributed by atoms with Crippen LogP contribution in [0.15, 0.2) is 145 Å². The van der Waals surface area contributed by atoms with Gasteiger partial charge in [0, 0.05) is 0 Å². The fourth-order valence-electron chi connectivity index (χ4n) is 4.77. The molecule has 1 aliphatic heterocycles. The van der Waals surface area contributed by atoms with Gasteiger partial charge in [0.1, 0.15) is 12.2 Å². The molecule has 0 saturated carbocycles. The van der Waals surface area contributed by atoms with Crippen molar-refractivity contribution in [2.75, 3.05) is 0 Å². The maximum atomic E-state index is 6.63. The first-order valence-corrected chi connectivity index (χ1v) is 15.2. The topological polar surface area (TPSA) is 18.5 Å². The Morgan fingerprint density at radius 1 is 0.514 bits per heavy atom. The zero-order valence-corrected chi connectivity index (χ0v) is 23.1. The summed E-state index contributed by atoms with van der Waals surface area (Å²) in [5.74, 6) is -0.746. The third-order valence-corrected chi connectivity index (χ3v) is 11.3. The molecule has 5 rings (SSSR count). The Morgan fingerprint density at radius 2 is 0.757 bits per heavy atom. The molecule has 0 aromatic heterocycles. The Hall–Kier alpha value is -2.86. The molecule has 2 nitrogen and oxygen atoms in total. The van der Waals surface area contributed by atoms with E-state index in [0.717, 1.165) is 10.6 Å². The fourth-order valence-corrected chi connectivity index (χ4v) is 9.46. The van der Waals surface area contributed by atoms with Gasteiger partial charge < -0.3 is 9.47 Å². The van der Waals surface area contributed by atoms with Gasteiger partial charge in [-0.25, -0.2) is 0 Å². The van der Waals surface area contributed by atoms with Crippen LogP contribution < -0.4 is 21.2 Å². The van der Waals surface area contributed by atoms with E-state index in [-0.39, 0.29) is 12.2 Å². The van der Waals surface area contributed by atoms with Gasteiger partial charge in [-0.2, -0.15) is 0 Å². The molecule has 0 unspecified atom stereocenters. The summed E-state index contributed by atoms with van der Waals surface area (Å²) in [6.45, 7) is 13.3. The van der Waals surface area contributed by atoms with Crippen LogP contribution in [0.5, 0.6) is 0 Å². The summed E-state index contributed by atoms with van der Waals surface area (Å²) < 4.78 is 13.3. The molecule has 186 valence electrons. The van der Waals surface area contributed by atoms with E-state index < -0.39 is 21.6 Å². The highest BCUT2D eigenvalue weighted by Crippen LogP contribution is 2.54. The van der Waals surface area contributed by atoms with Gasteiger partial charge in [-0.05, 0) is 61.5 Å². The standard InChI is InChI=1S/C33H32O2P2/c1-25(36(27-17-9-5-10-18-27)28-19-11-6-12-20-28)31-32(35-33(3,4)34-31)26(2)37(29-21-13-7-14-22-29)30-23-15-8-16-24-30/h5-24,31-32H,1-2H2,3-4H3/t31-,32-/m1/s1. The molecule has 1 saturated heterocycles. The largest absolute Gasteiger partial charge is 0.339 e. The van der Waals surface area contributed by atoms with Crippen LogP contribution >= 0.6 is 15.8 Å². The summed E-state index contributed by atoms with van der Waals surface area (Å²) >= 11 is 0. The molecule has 0 amide bonds. The summed E-state index contributed by atoms with van der Waals surface area (Å²) in [5.41, 5.74) is 0. The van der Waals surface area contributed by atoms with Crippen LogP contribution in [0.2, 0.25) is 0 Å². The molecule has 4 heteroatoms. The number of hydrogen-bond acceptors (Lipinski definition) is 2. The van der Waals surface area contributed by atoms with Gasteiger partial charge in [0.05, 0.1) is 0 Å². The quantitative estimate of drug-likeness (QED) is 0.237. The summed E-state index contributed by atoms with van der Waals surface area (Å²) in [4.78, 5) is 0. The zero-order chi connectivity index (χ0) is 25.8. The second-order valence-electron chi connectivity index (χ2n) is 9.47. The second-order valence-corrected chi connectivity index (χ2v) is 14.0. The molecule has 0 aliphatic carbocycles. The van der Waals surface area contributed by atoms with Crippen LogP contribution in [0.1, 0.15) is 13.8 Å². The summed E-state index contributed by atoms with van der Waals surface area (Å²) in [6, 6.07) is 42.5. The Labute approximate surface area is 223 Å². The van der Waals surface area contributed by atoms with Crippen LogP contribution in [-0.2, 0) is 9.47 Å². The molecule has 4 aromatic rings. The average molecular weight is 523 g/mol. The molecule has 1 heterocycles. The SMILES string of the molecule is C=C([C@H]1OC(C)(C)O[C@@H]1C(=C)P(c1ccccc1)c1ccccc1)P(c1ccccc1)c1ccccc1. The van der Waals surface area contributed by atoms with E-state index in [4.69, 9.17) is 9.47 Å². The average Bonchev–Trinajstić information content (AvgIpc) is 3.27. The number of hydrogen-bond donors (Lipinski definition) is 0. The minimum atomic E-state index is -0.877. The van der Waals surface area contributed by atoms with Crippen molar-refractivity contribution in [3.8, 4) is 0 Å². The fraction of sp³-hybridized carbons (Fsp3) is 0.152. The summed E-state index contributed by atoms with van der Waals surface area (Å²) in [6.07, 6.45) is -0.627. The Morgan fingerprint density at radius 3 is 1.00 bits per heavy atom. The maximum absolute atomic E-state index is 6.63. The van der Waals surface area contributed by atoms with E-state index in [0.29, 0.717) is 0 Å². The van der Waals surface area contributed by atoms with Crippen LogP contribution in [-0.4, -0.2) is 18.0 Å². The van der Waals surface area contributed by atoms with Gasteiger partial charge in [-0.1, -0.05) is 134 Å². The van der Waals surface area contributed by atoms with Crippen molar-refractivity contribution in [3.63, 3.8) is 0 Å². The molecular formula is C33H32O2P2. The first kappa shape index (κ1) is 25.8. The van der Waals surface area contributed by atoms with E-state index in [9.17, 15) is 0 Å². The molecule has 1 fully saturated rings. The van der Waals surface area contributed by atoms with Gasteiger partial charge >= 0.3 is 0 Å². The van der Waals surface area contributed by atoms with Gasteiger partial charge in [-0.15, -0.1) is 0 Å². The van der Waals surface area contributed by atoms with E-state index >= 15 is 0 Å². The van der Waals surface area contributed by atoms with Crippen molar-refractivity contribution >= 4 is 37.1 Å². The lowest BCUT2D eigenvalue weighted by Crippen LogP contribution is -2.30. The highest BCUT2D eigenvalue weighted by Gasteiger charge is 2.47. The summed E-state index contributed by atoms with van der Waals surface area (Å²) in [7, 11) is -1.75. The first-order valence-electron chi connectivity index (χ1n) is 12.5. The van der Waals surface area contributed by atoms with Gasteiger partial charge in [0.2, 0.25) is 0 Å². The lowest BCUT2D eigenvalue weighted by atomic mass is 10.2. The zero-order valence-electron chi connectivity index (χ0n) is 21.3. The third kappa shape index (κ3) is 5.69. The van der Waals surface area contributed by atoms with Crippen LogP contribution in [0.3, 0.4) is 0 Å². The molecule has 37 heavy (non-hydrogen) atoms. The highest BCUT2D eigenvalue weighted by atomic mass is 31.1. The lowest BCUT2D eigenvalue weighted by Gasteiger charge is -2.31. The predicted octanol–water partition coefficient (Wildman–Crippen LogP) is 6.80. The normalized spacial score (nSPS) is 18.7. The minimum absolute atomic E-state index is 0.313. The Balaban J connectivity index is 1.56. The maximum Gasteiger partial charge on any atom is 0.164 e. The monoisotopic (exact) mass is 522 g/mol. The molecule has 0 N–H and O–H groups in total. The van der Waals surface area contributed by atoms with Crippen molar-refractivity contribution in [1.29, 1.82) is 0 Å². The highest BCUT2D eigenvalue weighted by molar-refractivity contribution is 7.77. The van der Waals surface area contributed by atoms with Crippen LogP contribution in [0.4, 0.5) is 0 Å². The molecule has 4 aromatic carbocycles. The summed E-state index contributed by atoms with van der Waals surface area (Å²) in [5, 5.41) is 7.08. The minimum Gasteiger partial charge on any atom is -0.339 e. The van der Waals surface area contributed by atoms with Crippen molar-refractivity contribution in [2.45, 2.75) is 31.8 Å². The lowest BCUT2D eigenvalue weighted by molar-refractivity contribution is -0.139. The van der Waals surface area contributed by atoms with Crippen molar-refractivity contribution < 1.29 is 9.47 Å². The van der Waals surface area contributed by atoms with Gasteiger partial charge in [-0.3, -0.25) is 0 Å². The molecule has 1 aliphatic rings. The molecule has 2 atom stereocenters. The van der Waals surface area contributed by atoms with E-state index in [1.807, 2.05) is 13.8 Å².